The Bertz CT molecular complexity index is 554. The van der Waals surface area contributed by atoms with Crippen molar-refractivity contribution < 1.29 is 14.3 Å². The molecule has 1 aromatic heterocycles. The van der Waals surface area contributed by atoms with E-state index in [1.54, 1.807) is 6.20 Å². The molecule has 0 bridgehead atoms. The van der Waals surface area contributed by atoms with Crippen LogP contribution in [-0.4, -0.2) is 69.0 Å². The molecule has 0 aromatic carbocycles. The molecule has 1 atom stereocenters. The van der Waals surface area contributed by atoms with Crippen LogP contribution in [0.4, 0.5) is 17.5 Å². The molecule has 1 unspecified atom stereocenters. The smallest absolute Gasteiger partial charge is 0.253 e. The van der Waals surface area contributed by atoms with Crippen LogP contribution in [0.5, 0.6) is 0 Å². The highest BCUT2D eigenvalue weighted by atomic mass is 16.5. The molecule has 8 heteroatoms. The van der Waals surface area contributed by atoms with Gasteiger partial charge in [0.25, 0.3) is 5.91 Å². The van der Waals surface area contributed by atoms with Crippen molar-refractivity contribution in [1.82, 2.24) is 9.97 Å². The van der Waals surface area contributed by atoms with E-state index >= 15 is 0 Å². The number of morpholine rings is 1. The lowest BCUT2D eigenvalue weighted by molar-refractivity contribution is -0.124. The van der Waals surface area contributed by atoms with Crippen molar-refractivity contribution in [2.24, 2.45) is 0 Å². The highest BCUT2D eigenvalue weighted by Gasteiger charge is 2.25. The summed E-state index contributed by atoms with van der Waals surface area (Å²) in [5.41, 5.74) is 0.604. The second-order valence-electron chi connectivity index (χ2n) is 5.89. The minimum Gasteiger partial charge on any atom is -0.378 e. The van der Waals surface area contributed by atoms with Crippen molar-refractivity contribution in [2.75, 3.05) is 62.1 Å². The predicted molar refractivity (Wildman–Crippen MR) is 87.0 cm³/mol. The molecular formula is C15H23N5O3. The van der Waals surface area contributed by atoms with Crippen LogP contribution in [0, 0.1) is 0 Å². The van der Waals surface area contributed by atoms with E-state index in [1.807, 2.05) is 19.0 Å². The summed E-state index contributed by atoms with van der Waals surface area (Å²) >= 11 is 0. The highest BCUT2D eigenvalue weighted by molar-refractivity contribution is 5.96. The summed E-state index contributed by atoms with van der Waals surface area (Å²) in [6.45, 7) is 3.55. The van der Waals surface area contributed by atoms with Crippen molar-refractivity contribution in [1.29, 1.82) is 0 Å². The van der Waals surface area contributed by atoms with Crippen molar-refractivity contribution in [2.45, 2.75) is 18.9 Å². The SMILES string of the molecule is CN(C)c1nc(N2CCOCC2)ncc1NC(=O)C1CCCO1. The molecule has 3 heterocycles. The fraction of sp³-hybridized carbons (Fsp3) is 0.667. The zero-order valence-corrected chi connectivity index (χ0v) is 13.6. The number of nitrogens with zero attached hydrogens (tertiary/aromatic N) is 4. The Morgan fingerprint density at radius 1 is 1.35 bits per heavy atom. The van der Waals surface area contributed by atoms with Crippen LogP contribution in [0.15, 0.2) is 6.20 Å². The van der Waals surface area contributed by atoms with Gasteiger partial charge in [0.2, 0.25) is 5.95 Å². The number of amides is 1. The van der Waals surface area contributed by atoms with Gasteiger partial charge in [0, 0.05) is 33.8 Å². The van der Waals surface area contributed by atoms with E-state index < -0.39 is 0 Å². The summed E-state index contributed by atoms with van der Waals surface area (Å²) in [5.74, 6) is 1.22. The van der Waals surface area contributed by atoms with E-state index in [1.165, 1.54) is 0 Å². The molecule has 3 rings (SSSR count). The lowest BCUT2D eigenvalue weighted by atomic mass is 10.2. The molecule has 2 fully saturated rings. The fourth-order valence-corrected chi connectivity index (χ4v) is 2.71. The number of hydrogen-bond acceptors (Lipinski definition) is 7. The molecule has 0 saturated carbocycles. The van der Waals surface area contributed by atoms with Gasteiger partial charge in [0.1, 0.15) is 11.8 Å². The van der Waals surface area contributed by atoms with Crippen LogP contribution < -0.4 is 15.1 Å². The lowest BCUT2D eigenvalue weighted by Crippen LogP contribution is -2.37. The Hall–Kier alpha value is -1.93. The van der Waals surface area contributed by atoms with E-state index in [0.29, 0.717) is 37.3 Å². The average Bonchev–Trinajstić information content (AvgIpc) is 3.10. The maximum atomic E-state index is 12.2. The summed E-state index contributed by atoms with van der Waals surface area (Å²) in [6.07, 6.45) is 2.98. The molecule has 1 amide bonds. The summed E-state index contributed by atoms with van der Waals surface area (Å²) < 4.78 is 10.8. The van der Waals surface area contributed by atoms with Crippen molar-refractivity contribution in [3.63, 3.8) is 0 Å². The molecule has 0 aliphatic carbocycles. The van der Waals surface area contributed by atoms with Crippen LogP contribution in [0.2, 0.25) is 0 Å². The number of anilines is 3. The molecule has 23 heavy (non-hydrogen) atoms. The van der Waals surface area contributed by atoms with Crippen LogP contribution >= 0.6 is 0 Å². The van der Waals surface area contributed by atoms with E-state index in [2.05, 4.69) is 20.2 Å². The number of rotatable bonds is 4. The zero-order valence-electron chi connectivity index (χ0n) is 13.6. The maximum absolute atomic E-state index is 12.2. The number of hydrogen-bond donors (Lipinski definition) is 1. The Labute approximate surface area is 135 Å². The average molecular weight is 321 g/mol. The number of aromatic nitrogens is 2. The molecule has 1 N–H and O–H groups in total. The minimum atomic E-state index is -0.371. The molecule has 0 spiro atoms. The van der Waals surface area contributed by atoms with Crippen molar-refractivity contribution in [3.8, 4) is 0 Å². The van der Waals surface area contributed by atoms with E-state index in [9.17, 15) is 4.79 Å². The first-order valence-corrected chi connectivity index (χ1v) is 7.94. The molecule has 0 radical (unpaired) electrons. The van der Waals surface area contributed by atoms with Crippen LogP contribution in [-0.2, 0) is 14.3 Å². The van der Waals surface area contributed by atoms with Gasteiger partial charge in [-0.1, -0.05) is 0 Å². The van der Waals surface area contributed by atoms with Gasteiger partial charge in [-0.05, 0) is 12.8 Å². The van der Waals surface area contributed by atoms with Crippen LogP contribution in [0.3, 0.4) is 0 Å². The van der Waals surface area contributed by atoms with Gasteiger partial charge in [-0.25, -0.2) is 4.98 Å². The second-order valence-corrected chi connectivity index (χ2v) is 5.89. The predicted octanol–water partition coefficient (Wildman–Crippen LogP) is 0.497. The van der Waals surface area contributed by atoms with Gasteiger partial charge in [-0.2, -0.15) is 4.98 Å². The van der Waals surface area contributed by atoms with Gasteiger partial charge in [-0.3, -0.25) is 4.79 Å². The zero-order chi connectivity index (χ0) is 16.2. The van der Waals surface area contributed by atoms with E-state index in [4.69, 9.17) is 9.47 Å². The first kappa shape index (κ1) is 15.9. The second kappa shape index (κ2) is 7.10. The fourth-order valence-electron chi connectivity index (χ4n) is 2.71. The Morgan fingerprint density at radius 3 is 2.78 bits per heavy atom. The third-order valence-electron chi connectivity index (χ3n) is 3.95. The van der Waals surface area contributed by atoms with Gasteiger partial charge in [0.15, 0.2) is 5.82 Å². The van der Waals surface area contributed by atoms with Gasteiger partial charge >= 0.3 is 0 Å². The molecule has 2 saturated heterocycles. The van der Waals surface area contributed by atoms with Gasteiger partial charge in [0.05, 0.1) is 19.4 Å². The molecule has 1 aromatic rings. The molecule has 8 nitrogen and oxygen atoms in total. The monoisotopic (exact) mass is 321 g/mol. The number of nitrogens with one attached hydrogen (secondary N) is 1. The molecular weight excluding hydrogens is 298 g/mol. The third kappa shape index (κ3) is 3.70. The van der Waals surface area contributed by atoms with Crippen molar-refractivity contribution >= 4 is 23.4 Å². The Balaban J connectivity index is 1.77. The standard InChI is InChI=1S/C15H23N5O3/c1-19(2)13-11(17-14(21)12-4-3-7-23-12)10-16-15(18-13)20-5-8-22-9-6-20/h10,12H,3-9H2,1-2H3,(H,17,21). The van der Waals surface area contributed by atoms with Crippen LogP contribution in [0.25, 0.3) is 0 Å². The summed E-state index contributed by atoms with van der Waals surface area (Å²) in [6, 6.07) is 0. The number of carbonyl (C=O) groups is 1. The first-order chi connectivity index (χ1) is 11.1. The third-order valence-corrected chi connectivity index (χ3v) is 3.95. The topological polar surface area (TPSA) is 79.8 Å². The lowest BCUT2D eigenvalue weighted by Gasteiger charge is -2.28. The largest absolute Gasteiger partial charge is 0.378 e. The number of ether oxygens (including phenoxy) is 2. The first-order valence-electron chi connectivity index (χ1n) is 7.94. The molecule has 126 valence electrons. The Morgan fingerprint density at radius 2 is 2.13 bits per heavy atom. The molecule has 2 aliphatic rings. The normalized spacial score (nSPS) is 21.3. The number of carbonyl (C=O) groups excluding carboxylic acids is 1. The van der Waals surface area contributed by atoms with Crippen molar-refractivity contribution in [3.05, 3.63) is 6.20 Å². The van der Waals surface area contributed by atoms with E-state index in [0.717, 1.165) is 25.9 Å². The van der Waals surface area contributed by atoms with Crippen LogP contribution in [0.1, 0.15) is 12.8 Å². The highest BCUT2D eigenvalue weighted by Crippen LogP contribution is 2.25. The quantitative estimate of drug-likeness (QED) is 0.865. The summed E-state index contributed by atoms with van der Waals surface area (Å²) in [4.78, 5) is 25.2. The Kier molecular flexibility index (Phi) is 4.92. The molecule has 2 aliphatic heterocycles. The summed E-state index contributed by atoms with van der Waals surface area (Å²) in [5, 5.41) is 2.89. The van der Waals surface area contributed by atoms with Gasteiger partial charge in [-0.15, -0.1) is 0 Å². The van der Waals surface area contributed by atoms with Gasteiger partial charge < -0.3 is 24.6 Å². The van der Waals surface area contributed by atoms with E-state index in [-0.39, 0.29) is 12.0 Å². The summed E-state index contributed by atoms with van der Waals surface area (Å²) in [7, 11) is 3.79. The maximum Gasteiger partial charge on any atom is 0.253 e. The minimum absolute atomic E-state index is 0.131.